The van der Waals surface area contributed by atoms with Gasteiger partial charge >= 0.3 is 5.97 Å². The molecule has 0 saturated heterocycles. The average Bonchev–Trinajstić information content (AvgIpc) is 2.38. The van der Waals surface area contributed by atoms with Gasteiger partial charge in [0.05, 0.1) is 10.6 Å². The van der Waals surface area contributed by atoms with Crippen molar-refractivity contribution in [2.24, 2.45) is 0 Å². The third-order valence-corrected chi connectivity index (χ3v) is 3.42. The number of carboxylic acid groups (broad SMARTS) is 1. The molecule has 0 saturated carbocycles. The Balaban J connectivity index is 2.13. The SMILES string of the molecule is Cc1ccc(COc2ccc(C(=O)O)cc2Cl)c(Cl)c1. The molecule has 2 aromatic carbocycles. The maximum atomic E-state index is 10.8. The highest BCUT2D eigenvalue weighted by atomic mass is 35.5. The molecule has 20 heavy (non-hydrogen) atoms. The molecular weight excluding hydrogens is 299 g/mol. The van der Waals surface area contributed by atoms with Crippen LogP contribution in [-0.4, -0.2) is 11.1 Å². The molecule has 0 aliphatic carbocycles. The van der Waals surface area contributed by atoms with E-state index < -0.39 is 5.97 Å². The minimum absolute atomic E-state index is 0.121. The summed E-state index contributed by atoms with van der Waals surface area (Å²) in [5, 5.41) is 9.74. The van der Waals surface area contributed by atoms with Crippen molar-refractivity contribution in [3.05, 3.63) is 63.1 Å². The lowest BCUT2D eigenvalue weighted by atomic mass is 10.1. The fourth-order valence-electron chi connectivity index (χ4n) is 1.68. The Kier molecular flexibility index (Phi) is 4.53. The molecule has 2 rings (SSSR count). The molecule has 2 aromatic rings. The summed E-state index contributed by atoms with van der Waals surface area (Å²) in [5.74, 6) is -0.603. The maximum absolute atomic E-state index is 10.8. The lowest BCUT2D eigenvalue weighted by molar-refractivity contribution is 0.0697. The largest absolute Gasteiger partial charge is 0.487 e. The van der Waals surface area contributed by atoms with Gasteiger partial charge < -0.3 is 9.84 Å². The van der Waals surface area contributed by atoms with E-state index in [1.165, 1.54) is 18.2 Å². The highest BCUT2D eigenvalue weighted by Gasteiger charge is 2.09. The van der Waals surface area contributed by atoms with Gasteiger partial charge in [-0.2, -0.15) is 0 Å². The van der Waals surface area contributed by atoms with Crippen molar-refractivity contribution < 1.29 is 14.6 Å². The molecular formula is C15H12Cl2O3. The average molecular weight is 311 g/mol. The zero-order valence-electron chi connectivity index (χ0n) is 10.7. The van der Waals surface area contributed by atoms with Crippen LogP contribution in [0.5, 0.6) is 5.75 Å². The second-order valence-corrected chi connectivity index (χ2v) is 5.15. The van der Waals surface area contributed by atoms with Crippen molar-refractivity contribution in [1.82, 2.24) is 0 Å². The molecule has 1 N–H and O–H groups in total. The second-order valence-electron chi connectivity index (χ2n) is 4.33. The molecule has 0 heterocycles. The van der Waals surface area contributed by atoms with E-state index >= 15 is 0 Å². The molecule has 0 aliphatic rings. The summed E-state index contributed by atoms with van der Waals surface area (Å²) >= 11 is 12.1. The number of halogens is 2. The van der Waals surface area contributed by atoms with Crippen LogP contribution in [-0.2, 0) is 6.61 Å². The zero-order valence-corrected chi connectivity index (χ0v) is 12.2. The van der Waals surface area contributed by atoms with Gasteiger partial charge in [-0.1, -0.05) is 35.3 Å². The van der Waals surface area contributed by atoms with E-state index in [0.29, 0.717) is 10.8 Å². The Bertz CT molecular complexity index is 654. The highest BCUT2D eigenvalue weighted by Crippen LogP contribution is 2.27. The van der Waals surface area contributed by atoms with Gasteiger partial charge in [0.25, 0.3) is 0 Å². The highest BCUT2D eigenvalue weighted by molar-refractivity contribution is 6.32. The smallest absolute Gasteiger partial charge is 0.335 e. The molecule has 0 bridgehead atoms. The Labute approximate surface area is 126 Å². The normalized spacial score (nSPS) is 10.3. The summed E-state index contributed by atoms with van der Waals surface area (Å²) in [5.41, 5.74) is 2.04. The fourth-order valence-corrected chi connectivity index (χ4v) is 2.20. The minimum Gasteiger partial charge on any atom is -0.487 e. The minimum atomic E-state index is -1.03. The number of hydrogen-bond donors (Lipinski definition) is 1. The number of benzene rings is 2. The Hall–Kier alpha value is -1.71. The molecule has 0 radical (unpaired) electrons. The molecule has 0 fully saturated rings. The molecule has 0 spiro atoms. The summed E-state index contributed by atoms with van der Waals surface area (Å²) in [6, 6.07) is 10.0. The Morgan fingerprint density at radius 1 is 1.15 bits per heavy atom. The molecule has 3 nitrogen and oxygen atoms in total. The van der Waals surface area contributed by atoms with E-state index in [1.807, 2.05) is 25.1 Å². The number of aromatic carboxylic acids is 1. The third kappa shape index (κ3) is 3.44. The van der Waals surface area contributed by atoms with Crippen LogP contribution >= 0.6 is 23.2 Å². The van der Waals surface area contributed by atoms with E-state index in [4.69, 9.17) is 33.0 Å². The summed E-state index contributed by atoms with van der Waals surface area (Å²) in [4.78, 5) is 10.8. The lowest BCUT2D eigenvalue weighted by Crippen LogP contribution is -1.99. The number of hydrogen-bond acceptors (Lipinski definition) is 2. The van der Waals surface area contributed by atoms with Crippen molar-refractivity contribution in [2.75, 3.05) is 0 Å². The maximum Gasteiger partial charge on any atom is 0.335 e. The molecule has 0 unspecified atom stereocenters. The monoisotopic (exact) mass is 310 g/mol. The van der Waals surface area contributed by atoms with Crippen LogP contribution in [0.25, 0.3) is 0 Å². The topological polar surface area (TPSA) is 46.5 Å². The van der Waals surface area contributed by atoms with E-state index in [9.17, 15) is 4.79 Å². The van der Waals surface area contributed by atoms with E-state index in [2.05, 4.69) is 0 Å². The lowest BCUT2D eigenvalue weighted by Gasteiger charge is -2.10. The zero-order chi connectivity index (χ0) is 14.7. The van der Waals surface area contributed by atoms with Crippen LogP contribution in [0.1, 0.15) is 21.5 Å². The second kappa shape index (κ2) is 6.16. The molecule has 0 aliphatic heterocycles. The molecule has 104 valence electrons. The predicted molar refractivity (Wildman–Crippen MR) is 78.9 cm³/mol. The quantitative estimate of drug-likeness (QED) is 0.899. The molecule has 0 atom stereocenters. The van der Waals surface area contributed by atoms with Crippen molar-refractivity contribution in [3.63, 3.8) is 0 Å². The third-order valence-electron chi connectivity index (χ3n) is 2.77. The van der Waals surface area contributed by atoms with Gasteiger partial charge in [-0.05, 0) is 36.8 Å². The van der Waals surface area contributed by atoms with Crippen molar-refractivity contribution in [2.45, 2.75) is 13.5 Å². The number of carboxylic acids is 1. The van der Waals surface area contributed by atoms with Crippen LogP contribution in [0.4, 0.5) is 0 Å². The van der Waals surface area contributed by atoms with Crippen LogP contribution in [0.3, 0.4) is 0 Å². The van der Waals surface area contributed by atoms with Crippen molar-refractivity contribution >= 4 is 29.2 Å². The van der Waals surface area contributed by atoms with Gasteiger partial charge in [0.1, 0.15) is 12.4 Å². The van der Waals surface area contributed by atoms with Crippen molar-refractivity contribution in [1.29, 1.82) is 0 Å². The van der Waals surface area contributed by atoms with Gasteiger partial charge in [-0.25, -0.2) is 4.79 Å². The summed E-state index contributed by atoms with van der Waals surface area (Å²) in [6.45, 7) is 2.23. The van der Waals surface area contributed by atoms with Crippen molar-refractivity contribution in [3.8, 4) is 5.75 Å². The van der Waals surface area contributed by atoms with E-state index in [0.717, 1.165) is 11.1 Å². The van der Waals surface area contributed by atoms with Crippen LogP contribution in [0, 0.1) is 6.92 Å². The molecule has 0 amide bonds. The van der Waals surface area contributed by atoms with E-state index in [1.54, 1.807) is 0 Å². The van der Waals surface area contributed by atoms with Gasteiger partial charge in [0, 0.05) is 10.6 Å². The number of aryl methyl sites for hydroxylation is 1. The summed E-state index contributed by atoms with van der Waals surface area (Å²) < 4.78 is 5.57. The van der Waals surface area contributed by atoms with E-state index in [-0.39, 0.29) is 17.2 Å². The van der Waals surface area contributed by atoms with Gasteiger partial charge in [0.2, 0.25) is 0 Å². The van der Waals surface area contributed by atoms with Gasteiger partial charge in [-0.15, -0.1) is 0 Å². The first-order valence-corrected chi connectivity index (χ1v) is 6.63. The first kappa shape index (κ1) is 14.7. The number of ether oxygens (including phenoxy) is 1. The van der Waals surface area contributed by atoms with Crippen LogP contribution < -0.4 is 4.74 Å². The molecule has 0 aromatic heterocycles. The standard InChI is InChI=1S/C15H12Cl2O3/c1-9-2-3-11(12(16)6-9)8-20-14-5-4-10(15(18)19)7-13(14)17/h2-7H,8H2,1H3,(H,18,19). The Morgan fingerprint density at radius 3 is 2.50 bits per heavy atom. The van der Waals surface area contributed by atoms with Gasteiger partial charge in [0.15, 0.2) is 0 Å². The van der Waals surface area contributed by atoms with Gasteiger partial charge in [-0.3, -0.25) is 0 Å². The summed E-state index contributed by atoms with van der Waals surface area (Å²) in [7, 11) is 0. The first-order chi connectivity index (χ1) is 9.47. The van der Waals surface area contributed by atoms with Crippen LogP contribution in [0.2, 0.25) is 10.0 Å². The predicted octanol–water partition coefficient (Wildman–Crippen LogP) is 4.58. The number of carbonyl (C=O) groups is 1. The first-order valence-electron chi connectivity index (χ1n) is 5.88. The molecule has 5 heteroatoms. The van der Waals surface area contributed by atoms with Crippen LogP contribution in [0.15, 0.2) is 36.4 Å². The fraction of sp³-hybridized carbons (Fsp3) is 0.133. The number of rotatable bonds is 4. The Morgan fingerprint density at radius 2 is 1.90 bits per heavy atom. The summed E-state index contributed by atoms with van der Waals surface area (Å²) in [6.07, 6.45) is 0.